The van der Waals surface area contributed by atoms with E-state index in [4.69, 9.17) is 4.74 Å². The van der Waals surface area contributed by atoms with E-state index in [9.17, 15) is 9.59 Å². The number of carbonyl (C=O) groups excluding carboxylic acids is 2. The lowest BCUT2D eigenvalue weighted by atomic mass is 10.1. The summed E-state index contributed by atoms with van der Waals surface area (Å²) < 4.78 is 4.70. The van der Waals surface area contributed by atoms with Crippen LogP contribution < -0.4 is 0 Å². The van der Waals surface area contributed by atoms with Crippen LogP contribution in [0.25, 0.3) is 10.9 Å². The largest absolute Gasteiger partial charge is 0.465 e. The van der Waals surface area contributed by atoms with Crippen LogP contribution in [-0.2, 0) is 22.5 Å². The zero-order valence-electron chi connectivity index (χ0n) is 17.1. The van der Waals surface area contributed by atoms with Crippen molar-refractivity contribution in [1.82, 2.24) is 14.8 Å². The molecular formula is C24H25N3O3. The quantitative estimate of drug-likeness (QED) is 0.613. The SMILES string of the molecule is COC(=O)c1ccc(CC(=O)N2CCN(Cc3cnc4ccccc4c3)CC2)cc1. The lowest BCUT2D eigenvalue weighted by Gasteiger charge is -2.34. The fourth-order valence-corrected chi connectivity index (χ4v) is 3.78. The normalized spacial score (nSPS) is 14.6. The van der Waals surface area contributed by atoms with Crippen LogP contribution in [0.4, 0.5) is 0 Å². The number of benzene rings is 2. The highest BCUT2D eigenvalue weighted by Crippen LogP contribution is 2.16. The van der Waals surface area contributed by atoms with Crippen LogP contribution in [0, 0.1) is 0 Å². The molecule has 0 radical (unpaired) electrons. The number of hydrogen-bond donors (Lipinski definition) is 0. The number of esters is 1. The first-order valence-electron chi connectivity index (χ1n) is 10.1. The number of piperazine rings is 1. The number of aromatic nitrogens is 1. The molecule has 1 saturated heterocycles. The van der Waals surface area contributed by atoms with Gasteiger partial charge < -0.3 is 9.64 Å². The predicted octanol–water partition coefficient (Wildman–Crippen LogP) is 2.91. The molecule has 6 nitrogen and oxygen atoms in total. The van der Waals surface area contributed by atoms with Crippen molar-refractivity contribution in [2.75, 3.05) is 33.3 Å². The van der Waals surface area contributed by atoms with Gasteiger partial charge in [0.2, 0.25) is 5.91 Å². The van der Waals surface area contributed by atoms with Gasteiger partial charge in [0.25, 0.3) is 0 Å². The van der Waals surface area contributed by atoms with Crippen LogP contribution >= 0.6 is 0 Å². The summed E-state index contributed by atoms with van der Waals surface area (Å²) in [6.07, 6.45) is 2.29. The number of fused-ring (bicyclic) bond motifs is 1. The zero-order valence-corrected chi connectivity index (χ0v) is 17.1. The van der Waals surface area contributed by atoms with Crippen LogP contribution in [0.1, 0.15) is 21.5 Å². The van der Waals surface area contributed by atoms with Gasteiger partial charge in [-0.25, -0.2) is 4.79 Å². The third kappa shape index (κ3) is 4.66. The van der Waals surface area contributed by atoms with Crippen LogP contribution in [-0.4, -0.2) is 59.9 Å². The second kappa shape index (κ2) is 9.05. The molecule has 1 aromatic heterocycles. The van der Waals surface area contributed by atoms with Crippen molar-refractivity contribution in [2.24, 2.45) is 0 Å². The van der Waals surface area contributed by atoms with Gasteiger partial charge in [-0.3, -0.25) is 14.7 Å². The molecule has 0 saturated carbocycles. The van der Waals surface area contributed by atoms with Gasteiger partial charge in [0, 0.05) is 44.3 Å². The van der Waals surface area contributed by atoms with Crippen molar-refractivity contribution >= 4 is 22.8 Å². The van der Waals surface area contributed by atoms with Gasteiger partial charge in [-0.1, -0.05) is 30.3 Å². The molecule has 0 bridgehead atoms. The molecule has 4 rings (SSSR count). The number of rotatable bonds is 5. The van der Waals surface area contributed by atoms with Crippen molar-refractivity contribution < 1.29 is 14.3 Å². The van der Waals surface area contributed by atoms with Gasteiger partial charge in [-0.2, -0.15) is 0 Å². The minimum atomic E-state index is -0.370. The van der Waals surface area contributed by atoms with Crippen molar-refractivity contribution in [2.45, 2.75) is 13.0 Å². The van der Waals surface area contributed by atoms with Crippen molar-refractivity contribution in [3.05, 3.63) is 77.5 Å². The Balaban J connectivity index is 1.29. The average Bonchev–Trinajstić information content (AvgIpc) is 2.79. The highest BCUT2D eigenvalue weighted by Gasteiger charge is 2.21. The molecule has 3 aromatic rings. The molecule has 1 aliphatic heterocycles. The third-order valence-corrected chi connectivity index (χ3v) is 5.51. The molecule has 1 amide bonds. The molecule has 154 valence electrons. The maximum absolute atomic E-state index is 12.7. The Morgan fingerprint density at radius 1 is 0.967 bits per heavy atom. The molecule has 0 unspecified atom stereocenters. The molecule has 6 heteroatoms. The van der Waals surface area contributed by atoms with Gasteiger partial charge in [0.1, 0.15) is 0 Å². The third-order valence-electron chi connectivity index (χ3n) is 5.51. The Morgan fingerprint density at radius 3 is 2.43 bits per heavy atom. The summed E-state index contributed by atoms with van der Waals surface area (Å²) in [6, 6.07) is 17.3. The molecule has 30 heavy (non-hydrogen) atoms. The Labute approximate surface area is 176 Å². The Morgan fingerprint density at radius 2 is 1.70 bits per heavy atom. The summed E-state index contributed by atoms with van der Waals surface area (Å²) >= 11 is 0. The summed E-state index contributed by atoms with van der Waals surface area (Å²) in [5.74, 6) is -0.251. The molecule has 0 N–H and O–H groups in total. The monoisotopic (exact) mass is 403 g/mol. The van der Waals surface area contributed by atoms with E-state index in [-0.39, 0.29) is 11.9 Å². The molecule has 1 fully saturated rings. The number of ether oxygens (including phenoxy) is 1. The maximum Gasteiger partial charge on any atom is 0.337 e. The second-order valence-corrected chi connectivity index (χ2v) is 7.56. The standard InChI is InChI=1S/C24H25N3O3/c1-30-24(29)20-8-6-18(7-9-20)15-23(28)27-12-10-26(11-13-27)17-19-14-21-4-2-3-5-22(21)25-16-19/h2-9,14,16H,10-13,15,17H2,1H3. The summed E-state index contributed by atoms with van der Waals surface area (Å²) in [4.78, 5) is 33.0. The van der Waals surface area contributed by atoms with Crippen molar-refractivity contribution in [3.63, 3.8) is 0 Å². The second-order valence-electron chi connectivity index (χ2n) is 7.56. The smallest absolute Gasteiger partial charge is 0.337 e. The topological polar surface area (TPSA) is 62.7 Å². The van der Waals surface area contributed by atoms with Crippen molar-refractivity contribution in [1.29, 1.82) is 0 Å². The number of hydrogen-bond acceptors (Lipinski definition) is 5. The minimum Gasteiger partial charge on any atom is -0.465 e. The molecule has 2 heterocycles. The van der Waals surface area contributed by atoms with E-state index in [1.54, 1.807) is 12.1 Å². The van der Waals surface area contributed by atoms with E-state index < -0.39 is 0 Å². The fourth-order valence-electron chi connectivity index (χ4n) is 3.78. The average molecular weight is 403 g/mol. The van der Waals surface area contributed by atoms with Gasteiger partial charge in [0.05, 0.1) is 24.6 Å². The van der Waals surface area contributed by atoms with E-state index in [2.05, 4.69) is 22.0 Å². The minimum absolute atomic E-state index is 0.118. The summed E-state index contributed by atoms with van der Waals surface area (Å²) in [5, 5.41) is 1.15. The Bertz CT molecular complexity index is 1040. The molecule has 2 aromatic carbocycles. The lowest BCUT2D eigenvalue weighted by molar-refractivity contribution is -0.132. The lowest BCUT2D eigenvalue weighted by Crippen LogP contribution is -2.48. The summed E-state index contributed by atoms with van der Waals surface area (Å²) in [5.41, 5.74) is 3.60. The first kappa shape index (κ1) is 20.0. The zero-order chi connectivity index (χ0) is 20.9. The fraction of sp³-hybridized carbons (Fsp3) is 0.292. The number of para-hydroxylation sites is 1. The van der Waals surface area contributed by atoms with Crippen LogP contribution in [0.5, 0.6) is 0 Å². The van der Waals surface area contributed by atoms with Crippen molar-refractivity contribution in [3.8, 4) is 0 Å². The highest BCUT2D eigenvalue weighted by atomic mass is 16.5. The number of pyridine rings is 1. The predicted molar refractivity (Wildman–Crippen MR) is 115 cm³/mol. The highest BCUT2D eigenvalue weighted by molar-refractivity contribution is 5.89. The van der Waals surface area contributed by atoms with E-state index in [0.717, 1.165) is 49.2 Å². The number of carbonyl (C=O) groups is 2. The molecule has 1 aliphatic rings. The van der Waals surface area contributed by atoms with Gasteiger partial charge in [-0.15, -0.1) is 0 Å². The number of methoxy groups -OCH3 is 1. The maximum atomic E-state index is 12.7. The van der Waals surface area contributed by atoms with Gasteiger partial charge in [-0.05, 0) is 35.4 Å². The molecule has 0 aliphatic carbocycles. The van der Waals surface area contributed by atoms with E-state index in [1.165, 1.54) is 12.7 Å². The summed E-state index contributed by atoms with van der Waals surface area (Å²) in [7, 11) is 1.36. The van der Waals surface area contributed by atoms with E-state index >= 15 is 0 Å². The first-order chi connectivity index (χ1) is 14.6. The van der Waals surface area contributed by atoms with Crippen LogP contribution in [0.2, 0.25) is 0 Å². The number of nitrogens with zero attached hydrogens (tertiary/aromatic N) is 3. The Kier molecular flexibility index (Phi) is 6.05. The van der Waals surface area contributed by atoms with Crippen LogP contribution in [0.15, 0.2) is 60.8 Å². The first-order valence-corrected chi connectivity index (χ1v) is 10.1. The molecular weight excluding hydrogens is 378 g/mol. The van der Waals surface area contributed by atoms with Gasteiger partial charge in [0.15, 0.2) is 0 Å². The number of amides is 1. The van der Waals surface area contributed by atoms with Crippen LogP contribution in [0.3, 0.4) is 0 Å². The molecule has 0 spiro atoms. The Hall–Kier alpha value is -3.25. The van der Waals surface area contributed by atoms with E-state index in [0.29, 0.717) is 12.0 Å². The van der Waals surface area contributed by atoms with E-state index in [1.807, 2.05) is 41.4 Å². The van der Waals surface area contributed by atoms with Gasteiger partial charge >= 0.3 is 5.97 Å². The summed E-state index contributed by atoms with van der Waals surface area (Å²) in [6.45, 7) is 3.98. The molecule has 0 atom stereocenters.